The summed E-state index contributed by atoms with van der Waals surface area (Å²) in [5, 5.41) is 11.3. The number of anilines is 1. The van der Waals surface area contributed by atoms with Crippen LogP contribution in [0.15, 0.2) is 43.0 Å². The van der Waals surface area contributed by atoms with Crippen LogP contribution in [0.2, 0.25) is 18.1 Å². The van der Waals surface area contributed by atoms with E-state index in [-0.39, 0.29) is 10.9 Å². The molecule has 0 aliphatic carbocycles. The summed E-state index contributed by atoms with van der Waals surface area (Å²) < 4.78 is 20.6. The number of nitrogens with zero attached hydrogens (tertiary/aromatic N) is 4. The first-order valence-corrected chi connectivity index (χ1v) is 14.1. The van der Waals surface area contributed by atoms with Crippen LogP contribution in [0.1, 0.15) is 32.6 Å². The molecule has 4 atom stereocenters. The lowest BCUT2D eigenvalue weighted by Crippen LogP contribution is -2.45. The fourth-order valence-electron chi connectivity index (χ4n) is 3.62. The van der Waals surface area contributed by atoms with Crippen LogP contribution in [-0.4, -0.2) is 57.9 Å². The van der Waals surface area contributed by atoms with Gasteiger partial charge in [-0.25, -0.2) is 15.0 Å². The summed E-state index contributed by atoms with van der Waals surface area (Å²) in [4.78, 5) is 12.6. The molecule has 1 aliphatic heterocycles. The number of aliphatic hydroxyl groups excluding tert-OH is 1. The van der Waals surface area contributed by atoms with Crippen LogP contribution in [0.5, 0.6) is 0 Å². The number of benzene rings is 1. The van der Waals surface area contributed by atoms with Gasteiger partial charge in [-0.05, 0) is 23.7 Å². The van der Waals surface area contributed by atoms with Gasteiger partial charge in [0.2, 0.25) is 0 Å². The first kappa shape index (κ1) is 23.8. The minimum absolute atomic E-state index is 0.0546. The Kier molecular flexibility index (Phi) is 6.56. The number of aliphatic hydroxyl groups is 1. The van der Waals surface area contributed by atoms with Crippen LogP contribution >= 0.6 is 0 Å². The molecule has 1 aliphatic rings. The van der Waals surface area contributed by atoms with Gasteiger partial charge in [0, 0.05) is 0 Å². The van der Waals surface area contributed by atoms with Crippen molar-refractivity contribution in [3.05, 3.63) is 48.5 Å². The summed E-state index contributed by atoms with van der Waals surface area (Å²) in [5.74, 6) is 0.279. The van der Waals surface area contributed by atoms with E-state index in [1.54, 1.807) is 10.9 Å². The van der Waals surface area contributed by atoms with Crippen LogP contribution in [0.4, 0.5) is 5.82 Å². The summed E-state index contributed by atoms with van der Waals surface area (Å²) in [6.07, 6.45) is 0.206. The minimum atomic E-state index is -2.02. The topological polar surface area (TPSA) is 118 Å². The Balaban J connectivity index is 1.58. The predicted molar refractivity (Wildman–Crippen MR) is 128 cm³/mol. The van der Waals surface area contributed by atoms with Crippen LogP contribution in [0.3, 0.4) is 0 Å². The summed E-state index contributed by atoms with van der Waals surface area (Å²) in [6, 6.07) is 9.86. The summed E-state index contributed by atoms with van der Waals surface area (Å²) >= 11 is 0. The van der Waals surface area contributed by atoms with E-state index in [2.05, 4.69) is 48.8 Å². The minimum Gasteiger partial charge on any atom is -0.414 e. The molecule has 33 heavy (non-hydrogen) atoms. The highest BCUT2D eigenvalue weighted by atomic mass is 28.4. The Morgan fingerprint density at radius 3 is 2.58 bits per heavy atom. The highest BCUT2D eigenvalue weighted by Gasteiger charge is 2.47. The molecule has 3 N–H and O–H groups in total. The highest BCUT2D eigenvalue weighted by molar-refractivity contribution is 6.74. The van der Waals surface area contributed by atoms with Gasteiger partial charge in [0.1, 0.15) is 30.2 Å². The van der Waals surface area contributed by atoms with Crippen molar-refractivity contribution in [3.8, 4) is 0 Å². The lowest BCUT2D eigenvalue weighted by atomic mass is 10.1. The summed E-state index contributed by atoms with van der Waals surface area (Å²) in [5.41, 5.74) is 7.92. The number of fused-ring (bicyclic) bond motifs is 1. The van der Waals surface area contributed by atoms with Crippen LogP contribution in [0, 0.1) is 0 Å². The van der Waals surface area contributed by atoms with E-state index < -0.39 is 32.9 Å². The second-order valence-corrected chi connectivity index (χ2v) is 14.8. The number of imidazole rings is 1. The fourth-order valence-corrected chi connectivity index (χ4v) is 4.63. The van der Waals surface area contributed by atoms with E-state index in [4.69, 9.17) is 19.6 Å². The molecule has 0 spiro atoms. The number of ether oxygens (including phenoxy) is 2. The van der Waals surface area contributed by atoms with Gasteiger partial charge in [-0.2, -0.15) is 0 Å². The number of nitrogen functional groups attached to an aromatic ring is 1. The average Bonchev–Trinajstić information content (AvgIpc) is 3.32. The second-order valence-electron chi connectivity index (χ2n) is 9.97. The van der Waals surface area contributed by atoms with Crippen LogP contribution in [-0.2, 0) is 20.5 Å². The molecule has 0 unspecified atom stereocenters. The molecule has 3 heterocycles. The molecular formula is C23H33N5O4Si. The van der Waals surface area contributed by atoms with Gasteiger partial charge in [-0.15, -0.1) is 0 Å². The molecule has 0 saturated carbocycles. The number of nitrogens with two attached hydrogens (primary N) is 1. The maximum Gasteiger partial charge on any atom is 0.192 e. The molecule has 0 radical (unpaired) electrons. The SMILES string of the molecule is CC(C)(C)[Si](C)(C)OC[C@H]1O[C@@H](n2cnc3c(N)ncnc32)[C@H](O)[C@H]1OCc1ccccc1. The molecular weight excluding hydrogens is 438 g/mol. The molecule has 3 aromatic rings. The third-order valence-electron chi connectivity index (χ3n) is 6.67. The zero-order chi connectivity index (χ0) is 23.8. The van der Waals surface area contributed by atoms with Crippen molar-refractivity contribution in [1.29, 1.82) is 0 Å². The van der Waals surface area contributed by atoms with Crippen molar-refractivity contribution in [3.63, 3.8) is 0 Å². The van der Waals surface area contributed by atoms with E-state index in [0.717, 1.165) is 5.56 Å². The highest BCUT2D eigenvalue weighted by Crippen LogP contribution is 2.39. The van der Waals surface area contributed by atoms with E-state index in [9.17, 15) is 5.11 Å². The van der Waals surface area contributed by atoms with Gasteiger partial charge in [0.15, 0.2) is 26.0 Å². The molecule has 4 rings (SSSR count). The predicted octanol–water partition coefficient (Wildman–Crippen LogP) is 3.27. The third-order valence-corrected chi connectivity index (χ3v) is 11.2. The Morgan fingerprint density at radius 1 is 1.15 bits per heavy atom. The molecule has 178 valence electrons. The summed E-state index contributed by atoms with van der Waals surface area (Å²) in [7, 11) is -2.02. The van der Waals surface area contributed by atoms with Crippen LogP contribution < -0.4 is 5.73 Å². The van der Waals surface area contributed by atoms with Crippen molar-refractivity contribution >= 4 is 25.3 Å². The number of aromatic nitrogens is 4. The van der Waals surface area contributed by atoms with Gasteiger partial charge >= 0.3 is 0 Å². The lowest BCUT2D eigenvalue weighted by Gasteiger charge is -2.37. The van der Waals surface area contributed by atoms with E-state index in [1.165, 1.54) is 6.33 Å². The third kappa shape index (κ3) is 4.80. The summed E-state index contributed by atoms with van der Waals surface area (Å²) in [6.45, 7) is 11.6. The molecule has 2 aromatic heterocycles. The maximum absolute atomic E-state index is 11.3. The van der Waals surface area contributed by atoms with Gasteiger partial charge in [0.25, 0.3) is 0 Å². The van der Waals surface area contributed by atoms with Gasteiger partial charge < -0.3 is 24.7 Å². The Hall–Kier alpha value is -2.37. The molecule has 10 heteroatoms. The first-order chi connectivity index (χ1) is 15.6. The van der Waals surface area contributed by atoms with Crippen molar-refractivity contribution in [2.24, 2.45) is 0 Å². The Bertz CT molecular complexity index is 1090. The largest absolute Gasteiger partial charge is 0.414 e. The molecule has 0 amide bonds. The quantitative estimate of drug-likeness (QED) is 0.504. The molecule has 1 fully saturated rings. The molecule has 0 bridgehead atoms. The van der Waals surface area contributed by atoms with Gasteiger partial charge in [-0.1, -0.05) is 51.1 Å². The van der Waals surface area contributed by atoms with Crippen LogP contribution in [0.25, 0.3) is 11.2 Å². The molecule has 1 aromatic carbocycles. The first-order valence-electron chi connectivity index (χ1n) is 11.1. The smallest absolute Gasteiger partial charge is 0.192 e. The van der Waals surface area contributed by atoms with E-state index in [1.807, 2.05) is 30.3 Å². The standard InChI is InChI=1S/C23H33N5O4Si/c1-23(2,3)33(4,5)31-12-16-19(30-11-15-9-7-6-8-10-15)18(29)22(32-16)28-14-27-17-20(24)25-13-26-21(17)28/h6-10,13-14,16,18-19,22,29H,11-12H2,1-5H3,(H2,24,25,26)/t16-,18-,19+,22-/m1/s1. The monoisotopic (exact) mass is 471 g/mol. The lowest BCUT2D eigenvalue weighted by molar-refractivity contribution is -0.0627. The molecule has 1 saturated heterocycles. The zero-order valence-corrected chi connectivity index (χ0v) is 20.8. The van der Waals surface area contributed by atoms with Crippen molar-refractivity contribution in [2.75, 3.05) is 12.3 Å². The molecule has 9 nitrogen and oxygen atoms in total. The van der Waals surface area contributed by atoms with Crippen molar-refractivity contribution in [2.45, 2.75) is 70.1 Å². The van der Waals surface area contributed by atoms with E-state index in [0.29, 0.717) is 24.4 Å². The number of rotatable bonds is 7. The van der Waals surface area contributed by atoms with Gasteiger partial charge in [-0.3, -0.25) is 4.57 Å². The Morgan fingerprint density at radius 2 is 1.88 bits per heavy atom. The second kappa shape index (κ2) is 9.11. The Labute approximate surface area is 195 Å². The fraction of sp³-hybridized carbons (Fsp3) is 0.522. The van der Waals surface area contributed by atoms with Crippen molar-refractivity contribution in [1.82, 2.24) is 19.5 Å². The number of hydrogen-bond acceptors (Lipinski definition) is 8. The van der Waals surface area contributed by atoms with Gasteiger partial charge in [0.05, 0.1) is 19.5 Å². The zero-order valence-electron chi connectivity index (χ0n) is 19.8. The van der Waals surface area contributed by atoms with E-state index >= 15 is 0 Å². The van der Waals surface area contributed by atoms with Crippen molar-refractivity contribution < 1.29 is 19.0 Å². The normalized spacial score (nSPS) is 23.9. The average molecular weight is 472 g/mol. The number of hydrogen-bond donors (Lipinski definition) is 2. The maximum atomic E-state index is 11.3.